The van der Waals surface area contributed by atoms with Crippen molar-refractivity contribution in [2.75, 3.05) is 19.0 Å². The van der Waals surface area contributed by atoms with E-state index < -0.39 is 33.7 Å². The van der Waals surface area contributed by atoms with Crippen LogP contribution in [0.4, 0.5) is 10.1 Å². The molecule has 0 spiro atoms. The fraction of sp³-hybridized carbons (Fsp3) is 0.143. The third-order valence-electron chi connectivity index (χ3n) is 5.90. The van der Waals surface area contributed by atoms with Crippen molar-refractivity contribution >= 4 is 27.5 Å². The summed E-state index contributed by atoms with van der Waals surface area (Å²) in [7, 11) is -0.915. The van der Waals surface area contributed by atoms with Gasteiger partial charge in [-0.05, 0) is 47.5 Å². The minimum Gasteiger partial charge on any atom is -0.350 e. The van der Waals surface area contributed by atoms with Gasteiger partial charge in [-0.15, -0.1) is 0 Å². The number of carbonyl (C=O) groups excluding carboxylic acids is 2. The molecule has 9 nitrogen and oxygen atoms in total. The molecule has 0 radical (unpaired) electrons. The van der Waals surface area contributed by atoms with E-state index >= 15 is 0 Å². The van der Waals surface area contributed by atoms with Crippen LogP contribution in [0.3, 0.4) is 0 Å². The molecule has 0 fully saturated rings. The molecule has 0 aliphatic carbocycles. The first-order valence-electron chi connectivity index (χ1n) is 11.9. The molecule has 0 unspecified atom stereocenters. The van der Waals surface area contributed by atoms with Gasteiger partial charge in [-0.2, -0.15) is 0 Å². The summed E-state index contributed by atoms with van der Waals surface area (Å²) in [5.74, 6) is -1.70. The first-order valence-corrected chi connectivity index (χ1v) is 13.3. The van der Waals surface area contributed by atoms with Crippen LogP contribution >= 0.6 is 0 Å². The van der Waals surface area contributed by atoms with E-state index in [0.29, 0.717) is 5.56 Å². The van der Waals surface area contributed by atoms with Crippen LogP contribution in [0.5, 0.6) is 0 Å². The van der Waals surface area contributed by atoms with Crippen molar-refractivity contribution in [3.8, 4) is 0 Å². The summed E-state index contributed by atoms with van der Waals surface area (Å²) in [6, 6.07) is 18.8. The maximum absolute atomic E-state index is 13.8. The first kappa shape index (κ1) is 27.6. The Morgan fingerprint density at radius 3 is 2.18 bits per heavy atom. The zero-order valence-electron chi connectivity index (χ0n) is 21.2. The highest BCUT2D eigenvalue weighted by molar-refractivity contribution is 7.89. The zero-order chi connectivity index (χ0) is 28.0. The average Bonchev–Trinajstić information content (AvgIpc) is 2.96. The lowest BCUT2D eigenvalue weighted by Gasteiger charge is -2.31. The monoisotopic (exact) mass is 547 g/mol. The van der Waals surface area contributed by atoms with Crippen LogP contribution in [0.1, 0.15) is 27.7 Å². The van der Waals surface area contributed by atoms with Gasteiger partial charge < -0.3 is 5.32 Å². The Bertz CT molecular complexity index is 1530. The van der Waals surface area contributed by atoms with E-state index in [-0.39, 0.29) is 22.8 Å². The third kappa shape index (κ3) is 6.33. The Hall–Kier alpha value is -4.48. The maximum atomic E-state index is 13.8. The van der Waals surface area contributed by atoms with Crippen LogP contribution in [0.15, 0.2) is 102 Å². The molecule has 4 aromatic rings. The number of rotatable bonds is 9. The largest absolute Gasteiger partial charge is 0.350 e. The summed E-state index contributed by atoms with van der Waals surface area (Å²) in [4.78, 5) is 36.8. The highest BCUT2D eigenvalue weighted by Crippen LogP contribution is 2.31. The molecule has 1 N–H and O–H groups in total. The summed E-state index contributed by atoms with van der Waals surface area (Å²) in [6.45, 7) is 0.185. The van der Waals surface area contributed by atoms with Crippen molar-refractivity contribution in [2.45, 2.75) is 17.5 Å². The standard InChI is InChI=1S/C28H26FN5O4S/c1-33(2)39(37,38)24-14-12-23(13-15-24)34(28(36)25-19-30-16-17-31-25)26(21-8-10-22(29)11-9-21)27(35)32-18-20-6-4-3-5-7-20/h3-17,19,26H,18H2,1-2H3,(H,32,35)/t26-/m0/s1. The summed E-state index contributed by atoms with van der Waals surface area (Å²) >= 11 is 0. The van der Waals surface area contributed by atoms with E-state index in [2.05, 4.69) is 15.3 Å². The molecule has 3 aromatic carbocycles. The SMILES string of the molecule is CN(C)S(=O)(=O)c1ccc(N(C(=O)c2cnccn2)[C@H](C(=O)NCc2ccccc2)c2ccc(F)cc2)cc1. The minimum atomic E-state index is -3.74. The van der Waals surface area contributed by atoms with Crippen LogP contribution in [0.2, 0.25) is 0 Å². The molecule has 39 heavy (non-hydrogen) atoms. The highest BCUT2D eigenvalue weighted by Gasteiger charge is 2.34. The molecule has 4 rings (SSSR count). The molecule has 11 heteroatoms. The van der Waals surface area contributed by atoms with E-state index in [1.165, 1.54) is 86.1 Å². The molecule has 0 bridgehead atoms. The topological polar surface area (TPSA) is 113 Å². The number of nitrogens with zero attached hydrogens (tertiary/aromatic N) is 4. The fourth-order valence-corrected chi connectivity index (χ4v) is 4.75. The number of hydrogen-bond acceptors (Lipinski definition) is 6. The maximum Gasteiger partial charge on any atom is 0.279 e. The van der Waals surface area contributed by atoms with Crippen molar-refractivity contribution in [1.29, 1.82) is 0 Å². The van der Waals surface area contributed by atoms with E-state index in [1.807, 2.05) is 30.3 Å². The molecule has 1 atom stereocenters. The molecule has 0 saturated carbocycles. The van der Waals surface area contributed by atoms with E-state index in [0.717, 1.165) is 9.87 Å². The number of amides is 2. The average molecular weight is 548 g/mol. The van der Waals surface area contributed by atoms with Gasteiger partial charge in [-0.3, -0.25) is 19.5 Å². The minimum absolute atomic E-state index is 0.00927. The molecule has 200 valence electrons. The Morgan fingerprint density at radius 1 is 0.923 bits per heavy atom. The fourth-order valence-electron chi connectivity index (χ4n) is 3.85. The predicted octanol–water partition coefficient (Wildman–Crippen LogP) is 3.57. The van der Waals surface area contributed by atoms with Gasteiger partial charge in [-0.1, -0.05) is 42.5 Å². The lowest BCUT2D eigenvalue weighted by atomic mass is 10.0. The highest BCUT2D eigenvalue weighted by atomic mass is 32.2. The second kappa shape index (κ2) is 11.9. The van der Waals surface area contributed by atoms with Gasteiger partial charge in [0.05, 0.1) is 11.1 Å². The van der Waals surface area contributed by atoms with Crippen LogP contribution < -0.4 is 10.2 Å². The lowest BCUT2D eigenvalue weighted by molar-refractivity contribution is -0.122. The summed E-state index contributed by atoms with van der Waals surface area (Å²) < 4.78 is 40.1. The molecule has 0 saturated heterocycles. The molecule has 1 aromatic heterocycles. The molecule has 0 aliphatic heterocycles. The lowest BCUT2D eigenvalue weighted by Crippen LogP contribution is -2.44. The van der Waals surface area contributed by atoms with Gasteiger partial charge in [0.15, 0.2) is 0 Å². The molecule has 0 aliphatic rings. The van der Waals surface area contributed by atoms with Crippen LogP contribution in [-0.4, -0.2) is 48.6 Å². The number of nitrogens with one attached hydrogen (secondary N) is 1. The molecule has 2 amide bonds. The van der Waals surface area contributed by atoms with Crippen molar-refractivity contribution in [3.63, 3.8) is 0 Å². The Balaban J connectivity index is 1.81. The van der Waals surface area contributed by atoms with E-state index in [4.69, 9.17) is 0 Å². The molecular formula is C28H26FN5O4S. The van der Waals surface area contributed by atoms with Gasteiger partial charge >= 0.3 is 0 Å². The van der Waals surface area contributed by atoms with E-state index in [9.17, 15) is 22.4 Å². The first-order chi connectivity index (χ1) is 18.7. The molecular weight excluding hydrogens is 521 g/mol. The van der Waals surface area contributed by atoms with E-state index in [1.54, 1.807) is 0 Å². The smallest absolute Gasteiger partial charge is 0.279 e. The van der Waals surface area contributed by atoms with Gasteiger partial charge in [0, 0.05) is 38.7 Å². The van der Waals surface area contributed by atoms with Gasteiger partial charge in [0.2, 0.25) is 15.9 Å². The second-order valence-electron chi connectivity index (χ2n) is 8.70. The van der Waals surface area contributed by atoms with Gasteiger partial charge in [0.1, 0.15) is 17.6 Å². The van der Waals surface area contributed by atoms with Crippen LogP contribution in [0, 0.1) is 5.82 Å². The summed E-state index contributed by atoms with van der Waals surface area (Å²) in [6.07, 6.45) is 4.02. The number of anilines is 1. The van der Waals surface area contributed by atoms with Crippen molar-refractivity contribution < 1.29 is 22.4 Å². The molecule has 1 heterocycles. The number of halogens is 1. The zero-order valence-corrected chi connectivity index (χ0v) is 22.0. The number of benzene rings is 3. The Kier molecular flexibility index (Phi) is 8.43. The van der Waals surface area contributed by atoms with Crippen LogP contribution in [-0.2, 0) is 21.4 Å². The van der Waals surface area contributed by atoms with Crippen LogP contribution in [0.25, 0.3) is 0 Å². The third-order valence-corrected chi connectivity index (χ3v) is 7.73. The Morgan fingerprint density at radius 2 is 1.59 bits per heavy atom. The Labute approximate surface area is 226 Å². The number of aromatic nitrogens is 2. The predicted molar refractivity (Wildman–Crippen MR) is 144 cm³/mol. The quantitative estimate of drug-likeness (QED) is 0.343. The van der Waals surface area contributed by atoms with Crippen molar-refractivity contribution in [1.82, 2.24) is 19.6 Å². The number of carbonyl (C=O) groups is 2. The summed E-state index contributed by atoms with van der Waals surface area (Å²) in [5.41, 5.74) is 1.37. The van der Waals surface area contributed by atoms with Gasteiger partial charge in [-0.25, -0.2) is 22.1 Å². The second-order valence-corrected chi connectivity index (χ2v) is 10.9. The van der Waals surface area contributed by atoms with Crippen molar-refractivity contribution in [2.24, 2.45) is 0 Å². The van der Waals surface area contributed by atoms with Gasteiger partial charge in [0.25, 0.3) is 5.91 Å². The normalized spacial score (nSPS) is 12.1. The van der Waals surface area contributed by atoms with Crippen molar-refractivity contribution in [3.05, 3.63) is 120 Å². The number of hydrogen-bond donors (Lipinski definition) is 1. The number of sulfonamides is 1. The summed E-state index contributed by atoms with van der Waals surface area (Å²) in [5, 5.41) is 2.85.